The predicted octanol–water partition coefficient (Wildman–Crippen LogP) is 3.48. The summed E-state index contributed by atoms with van der Waals surface area (Å²) in [7, 11) is 1.54. The summed E-state index contributed by atoms with van der Waals surface area (Å²) in [5.41, 5.74) is 0.622. The van der Waals surface area contributed by atoms with Crippen LogP contribution in [0.25, 0.3) is 0 Å². The first kappa shape index (κ1) is 22.3. The van der Waals surface area contributed by atoms with Crippen LogP contribution in [0.5, 0.6) is 5.75 Å². The van der Waals surface area contributed by atoms with Crippen molar-refractivity contribution in [3.05, 3.63) is 23.2 Å². The standard InChI is InChI=1S/C20H30ClN3O4/c1-14(2)13-28-20(26)24-9-5-8-23(10-11-24)15(3)19(25)22-16-6-7-18(27-4)17(21)12-16/h6-7,12,14-15H,5,8-11,13H2,1-4H3,(H,22,25). The minimum absolute atomic E-state index is 0.114. The van der Waals surface area contributed by atoms with Crippen LogP contribution in [0.15, 0.2) is 18.2 Å². The SMILES string of the molecule is COc1ccc(NC(=O)C(C)N2CCCN(C(=O)OCC(C)C)CC2)cc1Cl. The van der Waals surface area contributed by atoms with Gasteiger partial charge >= 0.3 is 6.09 Å². The zero-order chi connectivity index (χ0) is 20.7. The Labute approximate surface area is 171 Å². The van der Waals surface area contributed by atoms with E-state index in [1.54, 1.807) is 30.2 Å². The maximum Gasteiger partial charge on any atom is 0.409 e. The third-order valence-electron chi connectivity index (χ3n) is 4.68. The number of benzene rings is 1. The van der Waals surface area contributed by atoms with E-state index in [0.717, 1.165) is 13.0 Å². The van der Waals surface area contributed by atoms with Crippen LogP contribution < -0.4 is 10.1 Å². The van der Waals surface area contributed by atoms with Crippen molar-refractivity contribution in [3.63, 3.8) is 0 Å². The Kier molecular flexibility index (Phi) is 8.38. The van der Waals surface area contributed by atoms with Gasteiger partial charge in [-0.2, -0.15) is 0 Å². The summed E-state index contributed by atoms with van der Waals surface area (Å²) < 4.78 is 10.4. The minimum Gasteiger partial charge on any atom is -0.495 e. The van der Waals surface area contributed by atoms with Crippen molar-refractivity contribution in [2.75, 3.05) is 45.2 Å². The lowest BCUT2D eigenvalue weighted by Gasteiger charge is -2.27. The first-order chi connectivity index (χ1) is 13.3. The van der Waals surface area contributed by atoms with Crippen LogP contribution >= 0.6 is 11.6 Å². The van der Waals surface area contributed by atoms with E-state index < -0.39 is 0 Å². The first-order valence-corrected chi connectivity index (χ1v) is 9.99. The van der Waals surface area contributed by atoms with Crippen molar-refractivity contribution in [1.82, 2.24) is 9.80 Å². The van der Waals surface area contributed by atoms with E-state index in [-0.39, 0.29) is 18.0 Å². The summed E-state index contributed by atoms with van der Waals surface area (Å²) in [5, 5.41) is 3.34. The molecule has 0 saturated carbocycles. The Balaban J connectivity index is 1.89. The second kappa shape index (κ2) is 10.5. The van der Waals surface area contributed by atoms with Crippen molar-refractivity contribution in [3.8, 4) is 5.75 Å². The second-order valence-corrected chi connectivity index (χ2v) is 7.77. The number of amides is 2. The van der Waals surface area contributed by atoms with Gasteiger partial charge in [0.25, 0.3) is 0 Å². The zero-order valence-electron chi connectivity index (χ0n) is 17.0. The number of hydrogen-bond acceptors (Lipinski definition) is 5. The molecule has 1 fully saturated rings. The number of nitrogens with zero attached hydrogens (tertiary/aromatic N) is 2. The molecule has 0 radical (unpaired) electrons. The number of hydrogen-bond donors (Lipinski definition) is 1. The van der Waals surface area contributed by atoms with E-state index in [2.05, 4.69) is 10.2 Å². The lowest BCUT2D eigenvalue weighted by molar-refractivity contribution is -0.120. The summed E-state index contributed by atoms with van der Waals surface area (Å²) in [6.07, 6.45) is 0.517. The molecule has 28 heavy (non-hydrogen) atoms. The maximum atomic E-state index is 12.7. The Morgan fingerprint density at radius 2 is 1.93 bits per heavy atom. The van der Waals surface area contributed by atoms with Crippen molar-refractivity contribution in [2.24, 2.45) is 5.92 Å². The maximum absolute atomic E-state index is 12.7. The van der Waals surface area contributed by atoms with E-state index in [0.29, 0.717) is 48.6 Å². The molecule has 1 N–H and O–H groups in total. The van der Waals surface area contributed by atoms with Gasteiger partial charge in [-0.3, -0.25) is 9.69 Å². The van der Waals surface area contributed by atoms with Gasteiger partial charge in [0, 0.05) is 31.9 Å². The monoisotopic (exact) mass is 411 g/mol. The van der Waals surface area contributed by atoms with Gasteiger partial charge in [-0.1, -0.05) is 25.4 Å². The minimum atomic E-state index is -0.326. The molecule has 2 amide bonds. The average Bonchev–Trinajstić information content (AvgIpc) is 2.91. The van der Waals surface area contributed by atoms with Gasteiger partial charge in [-0.15, -0.1) is 0 Å². The smallest absolute Gasteiger partial charge is 0.409 e. The molecule has 8 heteroatoms. The van der Waals surface area contributed by atoms with Gasteiger partial charge in [0.15, 0.2) is 0 Å². The number of methoxy groups -OCH3 is 1. The molecule has 156 valence electrons. The molecule has 1 unspecified atom stereocenters. The van der Waals surface area contributed by atoms with Gasteiger partial charge in [0.1, 0.15) is 5.75 Å². The van der Waals surface area contributed by atoms with Gasteiger partial charge < -0.3 is 19.7 Å². The molecule has 1 aromatic carbocycles. The summed E-state index contributed by atoms with van der Waals surface area (Å²) in [6, 6.07) is 4.81. The molecule has 1 aromatic rings. The fraction of sp³-hybridized carbons (Fsp3) is 0.600. The topological polar surface area (TPSA) is 71.1 Å². The number of halogens is 1. The van der Waals surface area contributed by atoms with Gasteiger partial charge in [-0.25, -0.2) is 4.79 Å². The summed E-state index contributed by atoms with van der Waals surface area (Å²) in [4.78, 5) is 28.6. The van der Waals surface area contributed by atoms with E-state index in [1.165, 1.54) is 0 Å². The summed E-state index contributed by atoms with van der Waals surface area (Å²) in [5.74, 6) is 0.754. The molecule has 0 spiro atoms. The zero-order valence-corrected chi connectivity index (χ0v) is 17.8. The highest BCUT2D eigenvalue weighted by molar-refractivity contribution is 6.32. The highest BCUT2D eigenvalue weighted by atomic mass is 35.5. The number of nitrogens with one attached hydrogen (secondary N) is 1. The Hall–Kier alpha value is -1.99. The van der Waals surface area contributed by atoms with Crippen molar-refractivity contribution >= 4 is 29.3 Å². The molecule has 0 bridgehead atoms. The van der Waals surface area contributed by atoms with Crippen molar-refractivity contribution < 1.29 is 19.1 Å². The summed E-state index contributed by atoms with van der Waals surface area (Å²) >= 11 is 6.12. The van der Waals surface area contributed by atoms with Crippen LogP contribution in [0.1, 0.15) is 27.2 Å². The normalized spacial score (nSPS) is 16.4. The highest BCUT2D eigenvalue weighted by Gasteiger charge is 2.26. The Morgan fingerprint density at radius 3 is 2.57 bits per heavy atom. The van der Waals surface area contributed by atoms with Gasteiger partial charge in [0.05, 0.1) is 24.8 Å². The van der Waals surface area contributed by atoms with Crippen LogP contribution in [-0.2, 0) is 9.53 Å². The molecule has 1 aliphatic heterocycles. The predicted molar refractivity (Wildman–Crippen MR) is 110 cm³/mol. The van der Waals surface area contributed by atoms with Crippen LogP contribution in [0, 0.1) is 5.92 Å². The Morgan fingerprint density at radius 1 is 1.18 bits per heavy atom. The van der Waals surface area contributed by atoms with Crippen molar-refractivity contribution in [2.45, 2.75) is 33.2 Å². The number of carbonyl (C=O) groups is 2. The van der Waals surface area contributed by atoms with Crippen LogP contribution in [-0.4, -0.2) is 67.7 Å². The van der Waals surface area contributed by atoms with Crippen LogP contribution in [0.4, 0.5) is 10.5 Å². The van der Waals surface area contributed by atoms with E-state index in [9.17, 15) is 9.59 Å². The van der Waals surface area contributed by atoms with E-state index >= 15 is 0 Å². The van der Waals surface area contributed by atoms with E-state index in [4.69, 9.17) is 21.1 Å². The number of rotatable bonds is 6. The third-order valence-corrected chi connectivity index (χ3v) is 4.97. The molecule has 1 atom stereocenters. The average molecular weight is 412 g/mol. The van der Waals surface area contributed by atoms with Gasteiger partial charge in [0.2, 0.25) is 5.91 Å². The molecule has 1 aliphatic rings. The number of carbonyl (C=O) groups excluding carboxylic acids is 2. The first-order valence-electron chi connectivity index (χ1n) is 9.62. The number of anilines is 1. The number of ether oxygens (including phenoxy) is 2. The lowest BCUT2D eigenvalue weighted by Crippen LogP contribution is -2.44. The van der Waals surface area contributed by atoms with Crippen LogP contribution in [0.2, 0.25) is 5.02 Å². The molecule has 0 aromatic heterocycles. The second-order valence-electron chi connectivity index (χ2n) is 7.36. The lowest BCUT2D eigenvalue weighted by atomic mass is 10.2. The molecule has 7 nitrogen and oxygen atoms in total. The molecule has 2 rings (SSSR count). The summed E-state index contributed by atoms with van der Waals surface area (Å²) in [6.45, 7) is 8.84. The molecule has 1 heterocycles. The van der Waals surface area contributed by atoms with Crippen molar-refractivity contribution in [1.29, 1.82) is 0 Å². The van der Waals surface area contributed by atoms with Gasteiger partial charge in [-0.05, 0) is 37.5 Å². The fourth-order valence-corrected chi connectivity index (χ4v) is 3.25. The quantitative estimate of drug-likeness (QED) is 0.776. The van der Waals surface area contributed by atoms with Crippen LogP contribution in [0.3, 0.4) is 0 Å². The highest BCUT2D eigenvalue weighted by Crippen LogP contribution is 2.27. The molecular weight excluding hydrogens is 382 g/mol. The van der Waals surface area contributed by atoms with E-state index in [1.807, 2.05) is 20.8 Å². The molecule has 1 saturated heterocycles. The fourth-order valence-electron chi connectivity index (χ4n) is 2.99. The Bertz CT molecular complexity index is 683. The largest absolute Gasteiger partial charge is 0.495 e. The third kappa shape index (κ3) is 6.27. The molecule has 0 aliphatic carbocycles. The molecular formula is C20H30ClN3O4.